The van der Waals surface area contributed by atoms with E-state index in [-0.39, 0.29) is 5.82 Å². The van der Waals surface area contributed by atoms with E-state index in [4.69, 9.17) is 0 Å². The summed E-state index contributed by atoms with van der Waals surface area (Å²) >= 11 is 3.43. The lowest BCUT2D eigenvalue weighted by molar-refractivity contribution is 0.379. The Morgan fingerprint density at radius 2 is 2.11 bits per heavy atom. The molecule has 1 N–H and O–H groups in total. The normalized spacial score (nSPS) is 16.9. The van der Waals surface area contributed by atoms with Crippen molar-refractivity contribution in [3.8, 4) is 0 Å². The minimum Gasteiger partial charge on any atom is -0.314 e. The first-order chi connectivity index (χ1) is 9.04. The highest BCUT2D eigenvalue weighted by Crippen LogP contribution is 2.24. The molecule has 0 bridgehead atoms. The van der Waals surface area contributed by atoms with E-state index in [9.17, 15) is 4.39 Å². The number of halogens is 2. The molecule has 106 valence electrons. The van der Waals surface area contributed by atoms with Crippen molar-refractivity contribution < 1.29 is 4.39 Å². The second-order valence-electron chi connectivity index (χ2n) is 6.12. The van der Waals surface area contributed by atoms with E-state index in [1.165, 1.54) is 12.8 Å². The van der Waals surface area contributed by atoms with E-state index in [1.54, 1.807) is 12.1 Å². The van der Waals surface area contributed by atoms with Gasteiger partial charge >= 0.3 is 0 Å². The molecule has 0 radical (unpaired) electrons. The topological polar surface area (TPSA) is 12.0 Å². The third kappa shape index (κ3) is 5.23. The summed E-state index contributed by atoms with van der Waals surface area (Å²) in [4.78, 5) is 0. The van der Waals surface area contributed by atoms with Crippen LogP contribution < -0.4 is 5.32 Å². The Morgan fingerprint density at radius 3 is 2.74 bits per heavy atom. The van der Waals surface area contributed by atoms with Gasteiger partial charge in [-0.2, -0.15) is 0 Å². The zero-order valence-electron chi connectivity index (χ0n) is 11.8. The molecule has 0 spiro atoms. The van der Waals surface area contributed by atoms with Crippen molar-refractivity contribution in [2.75, 3.05) is 6.54 Å². The van der Waals surface area contributed by atoms with Gasteiger partial charge in [-0.25, -0.2) is 4.39 Å². The Bertz CT molecular complexity index is 415. The van der Waals surface area contributed by atoms with Crippen LogP contribution in [0.5, 0.6) is 0 Å². The van der Waals surface area contributed by atoms with Gasteiger partial charge in [0.15, 0.2) is 0 Å². The highest BCUT2D eigenvalue weighted by molar-refractivity contribution is 9.10. The number of rotatable bonds is 7. The first-order valence-electron chi connectivity index (χ1n) is 7.22. The second-order valence-corrected chi connectivity index (χ2v) is 7.03. The van der Waals surface area contributed by atoms with E-state index in [0.29, 0.717) is 11.8 Å². The Morgan fingerprint density at radius 1 is 1.37 bits per heavy atom. The summed E-state index contributed by atoms with van der Waals surface area (Å²) in [5.41, 5.74) is 0.831. The van der Waals surface area contributed by atoms with Crippen LogP contribution in [0.15, 0.2) is 22.7 Å². The van der Waals surface area contributed by atoms with Crippen LogP contribution in [0, 0.1) is 17.7 Å². The van der Waals surface area contributed by atoms with E-state index >= 15 is 0 Å². The van der Waals surface area contributed by atoms with Gasteiger partial charge in [-0.1, -0.05) is 29.8 Å². The molecule has 0 saturated heterocycles. The predicted molar refractivity (Wildman–Crippen MR) is 81.8 cm³/mol. The van der Waals surface area contributed by atoms with Crippen LogP contribution in [0.3, 0.4) is 0 Å². The summed E-state index contributed by atoms with van der Waals surface area (Å²) in [6, 6.07) is 5.96. The number of nitrogens with one attached hydrogen (secondary N) is 1. The number of hydrogen-bond acceptors (Lipinski definition) is 1. The molecule has 19 heavy (non-hydrogen) atoms. The van der Waals surface area contributed by atoms with Crippen molar-refractivity contribution in [3.05, 3.63) is 34.1 Å². The first-order valence-corrected chi connectivity index (χ1v) is 8.01. The predicted octanol–water partition coefficient (Wildman–Crippen LogP) is 4.55. The molecule has 0 aliphatic heterocycles. The van der Waals surface area contributed by atoms with Crippen LogP contribution in [0.25, 0.3) is 0 Å². The van der Waals surface area contributed by atoms with Gasteiger partial charge < -0.3 is 5.32 Å². The molecule has 0 aromatic heterocycles. The summed E-state index contributed by atoms with van der Waals surface area (Å²) < 4.78 is 14.8. The molecule has 0 heterocycles. The van der Waals surface area contributed by atoms with E-state index in [2.05, 4.69) is 35.1 Å². The van der Waals surface area contributed by atoms with Gasteiger partial charge in [-0.15, -0.1) is 0 Å². The third-order valence-electron chi connectivity index (χ3n) is 3.59. The SMILES string of the molecule is CC(C)CC(CNC1CC1)Cc1cc(Br)ccc1F. The summed E-state index contributed by atoms with van der Waals surface area (Å²) in [5.74, 6) is 1.09. The number of hydrogen-bond donors (Lipinski definition) is 1. The molecule has 3 heteroatoms. The average molecular weight is 328 g/mol. The molecule has 1 aliphatic carbocycles. The minimum absolute atomic E-state index is 0.0802. The zero-order valence-corrected chi connectivity index (χ0v) is 13.3. The lowest BCUT2D eigenvalue weighted by Gasteiger charge is -2.20. The van der Waals surface area contributed by atoms with Crippen LogP contribution in [0.1, 0.15) is 38.7 Å². The van der Waals surface area contributed by atoms with Crippen molar-refractivity contribution in [2.24, 2.45) is 11.8 Å². The molecule has 1 saturated carbocycles. The summed E-state index contributed by atoms with van der Waals surface area (Å²) in [7, 11) is 0. The van der Waals surface area contributed by atoms with E-state index in [0.717, 1.165) is 35.5 Å². The highest BCUT2D eigenvalue weighted by atomic mass is 79.9. The van der Waals surface area contributed by atoms with Crippen LogP contribution in [-0.2, 0) is 6.42 Å². The van der Waals surface area contributed by atoms with Gasteiger partial charge in [-0.3, -0.25) is 0 Å². The molecule has 1 aromatic rings. The monoisotopic (exact) mass is 327 g/mol. The largest absolute Gasteiger partial charge is 0.314 e. The molecule has 1 nitrogen and oxygen atoms in total. The van der Waals surface area contributed by atoms with Crippen molar-refractivity contribution >= 4 is 15.9 Å². The fourth-order valence-corrected chi connectivity index (χ4v) is 2.95. The fraction of sp³-hybridized carbons (Fsp3) is 0.625. The summed E-state index contributed by atoms with van der Waals surface area (Å²) in [6.45, 7) is 5.48. The summed E-state index contributed by atoms with van der Waals surface area (Å²) in [5, 5.41) is 3.58. The number of benzene rings is 1. The zero-order chi connectivity index (χ0) is 13.8. The molecule has 0 amide bonds. The maximum Gasteiger partial charge on any atom is 0.126 e. The molecule has 1 unspecified atom stereocenters. The van der Waals surface area contributed by atoms with E-state index < -0.39 is 0 Å². The maximum absolute atomic E-state index is 13.8. The fourth-order valence-electron chi connectivity index (χ4n) is 2.54. The van der Waals surface area contributed by atoms with E-state index in [1.807, 2.05) is 6.07 Å². The van der Waals surface area contributed by atoms with Crippen LogP contribution in [0.2, 0.25) is 0 Å². The van der Waals surface area contributed by atoms with Crippen molar-refractivity contribution in [1.82, 2.24) is 5.32 Å². The van der Waals surface area contributed by atoms with Gasteiger partial charge in [0.25, 0.3) is 0 Å². The molecule has 1 fully saturated rings. The van der Waals surface area contributed by atoms with Crippen molar-refractivity contribution in [2.45, 2.75) is 45.6 Å². The smallest absolute Gasteiger partial charge is 0.126 e. The van der Waals surface area contributed by atoms with Gasteiger partial charge in [0, 0.05) is 10.5 Å². The van der Waals surface area contributed by atoms with Gasteiger partial charge in [0.2, 0.25) is 0 Å². The third-order valence-corrected chi connectivity index (χ3v) is 4.09. The van der Waals surface area contributed by atoms with Crippen molar-refractivity contribution in [3.63, 3.8) is 0 Å². The average Bonchev–Trinajstić information content (AvgIpc) is 3.14. The Hall–Kier alpha value is -0.410. The second kappa shape index (κ2) is 6.85. The molecular formula is C16H23BrFN. The quantitative estimate of drug-likeness (QED) is 0.774. The lowest BCUT2D eigenvalue weighted by atomic mass is 9.90. The standard InChI is InChI=1S/C16H23BrFN/c1-11(2)7-12(10-19-15-4-5-15)8-13-9-14(17)3-6-16(13)18/h3,6,9,11-12,15,19H,4-5,7-8,10H2,1-2H3. The van der Waals surface area contributed by atoms with Crippen LogP contribution in [0.4, 0.5) is 4.39 Å². The van der Waals surface area contributed by atoms with Crippen molar-refractivity contribution in [1.29, 1.82) is 0 Å². The van der Waals surface area contributed by atoms with Gasteiger partial charge in [0.05, 0.1) is 0 Å². The molecule has 1 atom stereocenters. The Labute approximate surface area is 124 Å². The van der Waals surface area contributed by atoms with Gasteiger partial charge in [-0.05, 0) is 67.8 Å². The van der Waals surface area contributed by atoms with Crippen LogP contribution in [-0.4, -0.2) is 12.6 Å². The summed E-state index contributed by atoms with van der Waals surface area (Å²) in [6.07, 6.45) is 4.58. The van der Waals surface area contributed by atoms with Crippen LogP contribution >= 0.6 is 15.9 Å². The van der Waals surface area contributed by atoms with Gasteiger partial charge in [0.1, 0.15) is 5.82 Å². The Kier molecular flexibility index (Phi) is 5.40. The maximum atomic E-state index is 13.8. The molecular weight excluding hydrogens is 305 g/mol. The molecule has 1 aliphatic rings. The molecule has 1 aromatic carbocycles. The lowest BCUT2D eigenvalue weighted by Crippen LogP contribution is -2.27. The minimum atomic E-state index is -0.0802. The highest BCUT2D eigenvalue weighted by Gasteiger charge is 2.22. The molecule has 2 rings (SSSR count). The Balaban J connectivity index is 1.97. The first kappa shape index (κ1) is 15.0.